The van der Waals surface area contributed by atoms with Gasteiger partial charge in [0.05, 0.1) is 6.61 Å². The molecule has 1 aromatic carbocycles. The van der Waals surface area contributed by atoms with Crippen molar-refractivity contribution in [3.05, 3.63) is 34.9 Å². The molecule has 0 radical (unpaired) electrons. The lowest BCUT2D eigenvalue weighted by Crippen LogP contribution is -2.30. The van der Waals surface area contributed by atoms with E-state index in [2.05, 4.69) is 0 Å². The van der Waals surface area contributed by atoms with Crippen molar-refractivity contribution in [2.24, 2.45) is 0 Å². The minimum absolute atomic E-state index is 0.00684. The van der Waals surface area contributed by atoms with Crippen molar-refractivity contribution in [2.75, 3.05) is 20.2 Å². The third-order valence-electron chi connectivity index (χ3n) is 2.41. The SMILES string of the molecule is Cc1ccc(C)c(C(=O)N(C)CCO)c1. The van der Waals surface area contributed by atoms with Crippen LogP contribution >= 0.6 is 0 Å². The van der Waals surface area contributed by atoms with Gasteiger partial charge in [-0.15, -0.1) is 0 Å². The predicted octanol–water partition coefficient (Wildman–Crippen LogP) is 1.37. The van der Waals surface area contributed by atoms with Crippen LogP contribution in [0.4, 0.5) is 0 Å². The van der Waals surface area contributed by atoms with Crippen molar-refractivity contribution in [1.82, 2.24) is 4.90 Å². The van der Waals surface area contributed by atoms with Crippen LogP contribution in [0.2, 0.25) is 0 Å². The van der Waals surface area contributed by atoms with Crippen molar-refractivity contribution in [3.8, 4) is 0 Å². The first kappa shape index (κ1) is 11.7. The van der Waals surface area contributed by atoms with Crippen molar-refractivity contribution >= 4 is 5.91 Å². The van der Waals surface area contributed by atoms with Crippen molar-refractivity contribution in [3.63, 3.8) is 0 Å². The summed E-state index contributed by atoms with van der Waals surface area (Å²) >= 11 is 0. The van der Waals surface area contributed by atoms with Gasteiger partial charge < -0.3 is 10.0 Å². The fourth-order valence-electron chi connectivity index (χ4n) is 1.42. The number of hydrogen-bond donors (Lipinski definition) is 1. The number of nitrogens with zero attached hydrogens (tertiary/aromatic N) is 1. The second-order valence-corrected chi connectivity index (χ2v) is 3.77. The Kier molecular flexibility index (Phi) is 3.86. The fourth-order valence-corrected chi connectivity index (χ4v) is 1.42. The summed E-state index contributed by atoms with van der Waals surface area (Å²) in [6.45, 7) is 4.24. The van der Waals surface area contributed by atoms with Crippen LogP contribution in [0.3, 0.4) is 0 Å². The van der Waals surface area contributed by atoms with Crippen LogP contribution in [0, 0.1) is 13.8 Å². The third-order valence-corrected chi connectivity index (χ3v) is 2.41. The summed E-state index contributed by atoms with van der Waals surface area (Å²) in [6.07, 6.45) is 0. The van der Waals surface area contributed by atoms with Crippen molar-refractivity contribution in [2.45, 2.75) is 13.8 Å². The quantitative estimate of drug-likeness (QED) is 0.813. The molecule has 82 valence electrons. The molecular weight excluding hydrogens is 190 g/mol. The minimum atomic E-state index is -0.0368. The number of benzene rings is 1. The highest BCUT2D eigenvalue weighted by Crippen LogP contribution is 2.12. The average molecular weight is 207 g/mol. The maximum absolute atomic E-state index is 11.9. The molecule has 1 amide bonds. The molecule has 1 aromatic rings. The van der Waals surface area contributed by atoms with Crippen molar-refractivity contribution in [1.29, 1.82) is 0 Å². The summed E-state index contributed by atoms with van der Waals surface area (Å²) in [5.74, 6) is -0.0368. The smallest absolute Gasteiger partial charge is 0.253 e. The number of hydrogen-bond acceptors (Lipinski definition) is 2. The normalized spacial score (nSPS) is 10.1. The molecule has 0 heterocycles. The first-order valence-corrected chi connectivity index (χ1v) is 5.00. The molecule has 0 bridgehead atoms. The molecule has 0 saturated carbocycles. The van der Waals surface area contributed by atoms with Gasteiger partial charge in [0.25, 0.3) is 5.91 Å². The van der Waals surface area contributed by atoms with Crippen molar-refractivity contribution < 1.29 is 9.90 Å². The number of carbonyl (C=O) groups is 1. The van der Waals surface area contributed by atoms with Gasteiger partial charge in [-0.05, 0) is 25.5 Å². The Morgan fingerprint density at radius 1 is 1.40 bits per heavy atom. The molecular formula is C12H17NO2. The number of aryl methyl sites for hydroxylation is 2. The Bertz CT molecular complexity index is 361. The van der Waals surface area contributed by atoms with Crippen LogP contribution in [-0.4, -0.2) is 36.1 Å². The monoisotopic (exact) mass is 207 g/mol. The zero-order valence-electron chi connectivity index (χ0n) is 9.45. The van der Waals surface area contributed by atoms with Gasteiger partial charge in [-0.3, -0.25) is 4.79 Å². The van der Waals surface area contributed by atoms with E-state index in [1.165, 1.54) is 4.90 Å². The zero-order valence-corrected chi connectivity index (χ0v) is 9.45. The molecule has 0 unspecified atom stereocenters. The van der Waals surface area contributed by atoms with E-state index in [-0.39, 0.29) is 12.5 Å². The first-order chi connectivity index (χ1) is 7.06. The molecule has 1 N–H and O–H groups in total. The maximum Gasteiger partial charge on any atom is 0.253 e. The number of carbonyl (C=O) groups excluding carboxylic acids is 1. The summed E-state index contributed by atoms with van der Waals surface area (Å²) < 4.78 is 0. The second kappa shape index (κ2) is 4.94. The molecule has 0 saturated heterocycles. The Hall–Kier alpha value is -1.35. The van der Waals surface area contributed by atoms with Gasteiger partial charge in [-0.25, -0.2) is 0 Å². The minimum Gasteiger partial charge on any atom is -0.395 e. The summed E-state index contributed by atoms with van der Waals surface area (Å²) in [5, 5.41) is 8.76. The standard InChI is InChI=1S/C12H17NO2/c1-9-4-5-10(2)11(8-9)12(15)13(3)6-7-14/h4-5,8,14H,6-7H2,1-3H3. The lowest BCUT2D eigenvalue weighted by atomic mass is 10.0. The van der Waals surface area contributed by atoms with Gasteiger partial charge >= 0.3 is 0 Å². The summed E-state index contributed by atoms with van der Waals surface area (Å²) in [5.41, 5.74) is 2.75. The van der Waals surface area contributed by atoms with Gasteiger partial charge in [-0.1, -0.05) is 17.7 Å². The van der Waals surface area contributed by atoms with Crippen LogP contribution in [0.15, 0.2) is 18.2 Å². The highest BCUT2D eigenvalue weighted by molar-refractivity contribution is 5.95. The lowest BCUT2D eigenvalue weighted by Gasteiger charge is -2.17. The number of aliphatic hydroxyl groups excluding tert-OH is 1. The summed E-state index contributed by atoms with van der Waals surface area (Å²) in [4.78, 5) is 13.5. The number of aliphatic hydroxyl groups is 1. The van der Waals surface area contributed by atoms with Gasteiger partial charge in [-0.2, -0.15) is 0 Å². The molecule has 0 fully saturated rings. The Morgan fingerprint density at radius 3 is 2.67 bits per heavy atom. The van der Waals surface area contributed by atoms with Gasteiger partial charge in [0.15, 0.2) is 0 Å². The molecule has 0 aliphatic heterocycles. The summed E-state index contributed by atoms with van der Waals surface area (Å²) in [6, 6.07) is 5.80. The Morgan fingerprint density at radius 2 is 2.07 bits per heavy atom. The summed E-state index contributed by atoms with van der Waals surface area (Å²) in [7, 11) is 1.69. The molecule has 1 rings (SSSR count). The van der Waals surface area contributed by atoms with Gasteiger partial charge in [0.2, 0.25) is 0 Å². The van der Waals surface area contributed by atoms with E-state index in [4.69, 9.17) is 5.11 Å². The maximum atomic E-state index is 11.9. The van der Waals surface area contributed by atoms with E-state index in [1.54, 1.807) is 7.05 Å². The fraction of sp³-hybridized carbons (Fsp3) is 0.417. The van der Waals surface area contributed by atoms with Gasteiger partial charge in [0.1, 0.15) is 0 Å². The number of likely N-dealkylation sites (N-methyl/N-ethyl adjacent to an activating group) is 1. The molecule has 0 aliphatic carbocycles. The third kappa shape index (κ3) is 2.80. The second-order valence-electron chi connectivity index (χ2n) is 3.77. The molecule has 0 aromatic heterocycles. The Labute approximate surface area is 90.3 Å². The van der Waals surface area contributed by atoms with E-state index < -0.39 is 0 Å². The molecule has 0 atom stereocenters. The predicted molar refractivity (Wildman–Crippen MR) is 60.0 cm³/mol. The van der Waals surface area contributed by atoms with Crippen LogP contribution < -0.4 is 0 Å². The molecule has 15 heavy (non-hydrogen) atoms. The Balaban J connectivity index is 2.95. The van der Waals surface area contributed by atoms with Crippen LogP contribution in [0.5, 0.6) is 0 Å². The van der Waals surface area contributed by atoms with E-state index in [1.807, 2.05) is 32.0 Å². The van der Waals surface area contributed by atoms with Crippen LogP contribution in [0.25, 0.3) is 0 Å². The van der Waals surface area contributed by atoms with E-state index >= 15 is 0 Å². The zero-order chi connectivity index (χ0) is 11.4. The molecule has 0 spiro atoms. The highest BCUT2D eigenvalue weighted by atomic mass is 16.3. The van der Waals surface area contributed by atoms with E-state index in [0.29, 0.717) is 12.1 Å². The average Bonchev–Trinajstić information content (AvgIpc) is 2.21. The first-order valence-electron chi connectivity index (χ1n) is 5.00. The topological polar surface area (TPSA) is 40.5 Å². The number of rotatable bonds is 3. The van der Waals surface area contributed by atoms with E-state index in [0.717, 1.165) is 11.1 Å². The van der Waals surface area contributed by atoms with Gasteiger partial charge in [0, 0.05) is 19.2 Å². The molecule has 3 heteroatoms. The van der Waals surface area contributed by atoms with Crippen LogP contribution in [0.1, 0.15) is 21.5 Å². The highest BCUT2D eigenvalue weighted by Gasteiger charge is 2.13. The number of amides is 1. The lowest BCUT2D eigenvalue weighted by molar-refractivity contribution is 0.0766. The molecule has 3 nitrogen and oxygen atoms in total. The van der Waals surface area contributed by atoms with E-state index in [9.17, 15) is 4.79 Å². The van der Waals surface area contributed by atoms with Crippen LogP contribution in [-0.2, 0) is 0 Å². The molecule has 0 aliphatic rings. The largest absolute Gasteiger partial charge is 0.395 e.